The van der Waals surface area contributed by atoms with E-state index in [1.165, 1.54) is 0 Å². The summed E-state index contributed by atoms with van der Waals surface area (Å²) < 4.78 is 11.8. The predicted molar refractivity (Wildman–Crippen MR) is 107 cm³/mol. The number of imide groups is 1. The zero-order valence-corrected chi connectivity index (χ0v) is 15.7. The van der Waals surface area contributed by atoms with Crippen molar-refractivity contribution >= 4 is 45.6 Å². The Balaban J connectivity index is 1.58. The lowest BCUT2D eigenvalue weighted by atomic mass is 10.0. The summed E-state index contributed by atoms with van der Waals surface area (Å²) in [5.41, 5.74) is 3.49. The third kappa shape index (κ3) is 2.82. The molecule has 0 radical (unpaired) electrons. The van der Waals surface area contributed by atoms with Crippen LogP contribution in [-0.2, 0) is 4.79 Å². The van der Waals surface area contributed by atoms with E-state index in [2.05, 4.69) is 15.2 Å². The summed E-state index contributed by atoms with van der Waals surface area (Å²) in [6, 6.07) is 7.83. The maximum atomic E-state index is 11.8. The fourth-order valence-corrected chi connectivity index (χ4v) is 4.00. The first-order chi connectivity index (χ1) is 13.6. The molecule has 0 atom stereocenters. The van der Waals surface area contributed by atoms with Crippen LogP contribution in [0, 0.1) is 0 Å². The highest BCUT2D eigenvalue weighted by molar-refractivity contribution is 8.18. The number of thioether (sulfide) groups is 1. The molecule has 4 heterocycles. The Labute approximate surface area is 164 Å². The van der Waals surface area contributed by atoms with Crippen molar-refractivity contribution in [2.24, 2.45) is 0 Å². The molecule has 3 aromatic rings. The minimum atomic E-state index is -0.412. The number of carbonyl (C=O) groups excluding carboxylic acids is 2. The molecular weight excluding hydrogens is 378 g/mol. The number of benzene rings is 1. The second kappa shape index (κ2) is 6.42. The minimum Gasteiger partial charge on any atom is -0.490 e. The Hall–Kier alpha value is -3.26. The van der Waals surface area contributed by atoms with E-state index in [0.717, 1.165) is 46.3 Å². The van der Waals surface area contributed by atoms with Crippen LogP contribution in [0.3, 0.4) is 0 Å². The van der Waals surface area contributed by atoms with E-state index >= 15 is 0 Å². The number of anilines is 1. The van der Waals surface area contributed by atoms with Crippen molar-refractivity contribution in [3.63, 3.8) is 0 Å². The van der Waals surface area contributed by atoms with Crippen LogP contribution in [-0.4, -0.2) is 36.3 Å². The lowest BCUT2D eigenvalue weighted by Crippen LogP contribution is -2.28. The second-order valence-corrected chi connectivity index (χ2v) is 7.57. The minimum absolute atomic E-state index is 0.309. The van der Waals surface area contributed by atoms with Gasteiger partial charge in [0.25, 0.3) is 11.1 Å². The van der Waals surface area contributed by atoms with Crippen molar-refractivity contribution in [1.29, 1.82) is 0 Å². The number of pyridine rings is 1. The second-order valence-electron chi connectivity index (χ2n) is 6.56. The quantitative estimate of drug-likeness (QED) is 0.665. The number of furan rings is 1. The largest absolute Gasteiger partial charge is 0.490 e. The molecule has 8 heteroatoms. The van der Waals surface area contributed by atoms with Crippen LogP contribution >= 0.6 is 11.8 Å². The topological polar surface area (TPSA) is 84.7 Å². The van der Waals surface area contributed by atoms with Gasteiger partial charge in [0.05, 0.1) is 17.1 Å². The molecule has 2 aliphatic heterocycles. The Morgan fingerprint density at radius 1 is 1.25 bits per heavy atom. The number of carbonyl (C=O) groups is 2. The summed E-state index contributed by atoms with van der Waals surface area (Å²) in [5.74, 6) is 0.907. The maximum absolute atomic E-state index is 11.8. The zero-order valence-electron chi connectivity index (χ0n) is 14.9. The van der Waals surface area contributed by atoms with Gasteiger partial charge in [0.15, 0.2) is 0 Å². The molecule has 1 aromatic carbocycles. The summed E-state index contributed by atoms with van der Waals surface area (Å²) in [6.45, 7) is 1.50. The number of nitrogens with zero attached hydrogens (tertiary/aromatic N) is 2. The predicted octanol–water partition coefficient (Wildman–Crippen LogP) is 3.65. The average molecular weight is 393 g/mol. The van der Waals surface area contributed by atoms with Gasteiger partial charge in [-0.3, -0.25) is 19.9 Å². The highest BCUT2D eigenvalue weighted by Crippen LogP contribution is 2.38. The molecule has 0 saturated carbocycles. The van der Waals surface area contributed by atoms with Crippen molar-refractivity contribution < 1.29 is 18.7 Å². The highest BCUT2D eigenvalue weighted by atomic mass is 32.2. The van der Waals surface area contributed by atoms with Crippen LogP contribution in [0.1, 0.15) is 5.76 Å². The van der Waals surface area contributed by atoms with Crippen LogP contribution in [0.5, 0.6) is 5.75 Å². The number of hydrogen-bond acceptors (Lipinski definition) is 7. The average Bonchev–Trinajstić information content (AvgIpc) is 3.23. The number of amides is 2. The molecule has 140 valence electrons. The lowest BCUT2D eigenvalue weighted by Gasteiger charge is -2.28. The van der Waals surface area contributed by atoms with Gasteiger partial charge < -0.3 is 14.1 Å². The fourth-order valence-electron chi connectivity index (χ4n) is 3.33. The smallest absolute Gasteiger partial charge is 0.290 e. The van der Waals surface area contributed by atoms with Gasteiger partial charge in [-0.1, -0.05) is 6.07 Å². The van der Waals surface area contributed by atoms with E-state index in [4.69, 9.17) is 9.15 Å². The van der Waals surface area contributed by atoms with Crippen LogP contribution in [0.25, 0.3) is 28.2 Å². The summed E-state index contributed by atoms with van der Waals surface area (Å²) in [6.07, 6.45) is 5.03. The van der Waals surface area contributed by atoms with Crippen molar-refractivity contribution in [2.45, 2.75) is 0 Å². The monoisotopic (exact) mass is 393 g/mol. The first-order valence-corrected chi connectivity index (χ1v) is 9.51. The van der Waals surface area contributed by atoms with Crippen LogP contribution in [0.15, 0.2) is 46.0 Å². The molecule has 2 aromatic heterocycles. The zero-order chi connectivity index (χ0) is 19.3. The molecule has 1 fully saturated rings. The Bertz CT molecular complexity index is 1170. The highest BCUT2D eigenvalue weighted by Gasteiger charge is 2.25. The molecule has 1 saturated heterocycles. The molecule has 1 N–H and O–H groups in total. The van der Waals surface area contributed by atoms with Crippen LogP contribution in [0.4, 0.5) is 10.5 Å². The van der Waals surface area contributed by atoms with E-state index < -0.39 is 5.91 Å². The molecule has 0 spiro atoms. The number of ether oxygens (including phenoxy) is 1. The molecule has 7 nitrogen and oxygen atoms in total. The van der Waals surface area contributed by atoms with E-state index in [-0.39, 0.29) is 5.24 Å². The van der Waals surface area contributed by atoms with Crippen molar-refractivity contribution in [3.05, 3.63) is 47.3 Å². The summed E-state index contributed by atoms with van der Waals surface area (Å²) >= 11 is 0.859. The molecule has 0 unspecified atom stereocenters. The van der Waals surface area contributed by atoms with E-state index in [1.807, 2.05) is 25.2 Å². The van der Waals surface area contributed by atoms with E-state index in [9.17, 15) is 9.59 Å². The number of nitrogens with one attached hydrogen (secondary N) is 1. The SMILES string of the molecule is CN1CCOc2cc(-c3cncc4cc(/C=C5/SC(=O)NC5=O)oc34)ccc21. The number of fused-ring (bicyclic) bond motifs is 2. The number of hydrogen-bond donors (Lipinski definition) is 1. The van der Waals surface area contributed by atoms with E-state index in [0.29, 0.717) is 22.9 Å². The van der Waals surface area contributed by atoms with Gasteiger partial charge in [-0.15, -0.1) is 0 Å². The van der Waals surface area contributed by atoms with Crippen molar-refractivity contribution in [3.8, 4) is 16.9 Å². The molecule has 5 rings (SSSR count). The van der Waals surface area contributed by atoms with Crippen molar-refractivity contribution in [1.82, 2.24) is 10.3 Å². The van der Waals surface area contributed by atoms with Gasteiger partial charge >= 0.3 is 0 Å². The molecule has 2 aliphatic rings. The van der Waals surface area contributed by atoms with Crippen LogP contribution < -0.4 is 15.0 Å². The maximum Gasteiger partial charge on any atom is 0.290 e. The van der Waals surface area contributed by atoms with E-state index in [1.54, 1.807) is 24.5 Å². The molecular formula is C20H15N3O4S. The lowest BCUT2D eigenvalue weighted by molar-refractivity contribution is -0.115. The van der Waals surface area contributed by atoms with Gasteiger partial charge in [-0.25, -0.2) is 0 Å². The van der Waals surface area contributed by atoms with Gasteiger partial charge in [0, 0.05) is 36.5 Å². The number of rotatable bonds is 2. The Kier molecular flexibility index (Phi) is 3.87. The summed E-state index contributed by atoms with van der Waals surface area (Å²) in [7, 11) is 2.04. The van der Waals surface area contributed by atoms with Gasteiger partial charge in [-0.2, -0.15) is 0 Å². The fraction of sp³-hybridized carbons (Fsp3) is 0.150. The first-order valence-electron chi connectivity index (χ1n) is 8.69. The molecule has 2 amide bonds. The number of likely N-dealkylation sites (N-methyl/N-ethyl adjacent to an activating group) is 1. The summed E-state index contributed by atoms with van der Waals surface area (Å²) in [4.78, 5) is 29.9. The Morgan fingerprint density at radius 3 is 2.96 bits per heavy atom. The van der Waals surface area contributed by atoms with Gasteiger partial charge in [0.1, 0.15) is 23.7 Å². The molecule has 28 heavy (non-hydrogen) atoms. The molecule has 0 aliphatic carbocycles. The third-order valence-electron chi connectivity index (χ3n) is 4.72. The van der Waals surface area contributed by atoms with Crippen LogP contribution in [0.2, 0.25) is 0 Å². The summed E-state index contributed by atoms with van der Waals surface area (Å²) in [5, 5.41) is 2.67. The Morgan fingerprint density at radius 2 is 2.14 bits per heavy atom. The third-order valence-corrected chi connectivity index (χ3v) is 5.53. The first kappa shape index (κ1) is 16.9. The van der Waals surface area contributed by atoms with Crippen molar-refractivity contribution in [2.75, 3.05) is 25.1 Å². The molecule has 0 bridgehead atoms. The standard InChI is InChI=1S/C20H15N3O4S/c1-23-4-5-26-16-7-11(2-3-15(16)23)14-10-21-9-12-6-13(27-18(12)14)8-17-19(24)22-20(25)28-17/h2-3,6-10H,4-5H2,1H3,(H,22,24,25)/b17-8+. The van der Waals surface area contributed by atoms with Gasteiger partial charge in [0.2, 0.25) is 0 Å². The normalized spacial score (nSPS) is 17.8. The van der Waals surface area contributed by atoms with Gasteiger partial charge in [-0.05, 0) is 35.5 Å². The number of aromatic nitrogens is 1.